The molecule has 0 aliphatic carbocycles. The number of hydrogen-bond acceptors (Lipinski definition) is 2. The molecule has 1 aromatic carbocycles. The summed E-state index contributed by atoms with van der Waals surface area (Å²) in [7, 11) is 3.61. The third-order valence-electron chi connectivity index (χ3n) is 3.37. The number of aromatic nitrogens is 2. The predicted molar refractivity (Wildman–Crippen MR) is 68.0 cm³/mol. The van der Waals surface area contributed by atoms with Crippen molar-refractivity contribution in [3.8, 4) is 5.75 Å². The molecule has 0 radical (unpaired) electrons. The standard InChI is InChI=1S/C13H12N2O3/c1-14-10-4-3-7(16)5-8(10)9-6-11(13(17)18)15(2)12(9)14/h3-6,16H,1-2H3,(H,17,18). The number of carboxylic acid groups (broad SMARTS) is 1. The van der Waals surface area contributed by atoms with Gasteiger partial charge in [-0.3, -0.25) is 0 Å². The lowest BCUT2D eigenvalue weighted by Crippen LogP contribution is -2.05. The maximum Gasteiger partial charge on any atom is 0.352 e. The van der Waals surface area contributed by atoms with E-state index in [1.807, 2.05) is 17.7 Å². The molecule has 3 aromatic rings. The Morgan fingerprint density at radius 2 is 1.83 bits per heavy atom. The van der Waals surface area contributed by atoms with Crippen molar-refractivity contribution in [1.82, 2.24) is 9.13 Å². The van der Waals surface area contributed by atoms with Gasteiger partial charge in [-0.05, 0) is 24.3 Å². The van der Waals surface area contributed by atoms with Crippen molar-refractivity contribution in [2.75, 3.05) is 0 Å². The van der Waals surface area contributed by atoms with Gasteiger partial charge in [-0.25, -0.2) is 4.79 Å². The number of nitrogens with zero attached hydrogens (tertiary/aromatic N) is 2. The Hall–Kier alpha value is -2.43. The number of carbonyl (C=O) groups is 1. The van der Waals surface area contributed by atoms with Crippen LogP contribution in [-0.2, 0) is 14.1 Å². The van der Waals surface area contributed by atoms with Crippen molar-refractivity contribution in [1.29, 1.82) is 0 Å². The zero-order valence-electron chi connectivity index (χ0n) is 10.0. The van der Waals surface area contributed by atoms with Crippen LogP contribution in [-0.4, -0.2) is 25.3 Å². The molecule has 2 N–H and O–H groups in total. The van der Waals surface area contributed by atoms with Crippen LogP contribution in [0.1, 0.15) is 10.5 Å². The van der Waals surface area contributed by atoms with Gasteiger partial charge >= 0.3 is 5.97 Å². The zero-order valence-corrected chi connectivity index (χ0v) is 10.0. The summed E-state index contributed by atoms with van der Waals surface area (Å²) >= 11 is 0. The Labute approximate surface area is 102 Å². The van der Waals surface area contributed by atoms with Gasteiger partial charge in [-0.2, -0.15) is 0 Å². The highest BCUT2D eigenvalue weighted by Crippen LogP contribution is 2.32. The molecule has 0 bridgehead atoms. The lowest BCUT2D eigenvalue weighted by molar-refractivity contribution is 0.0687. The van der Waals surface area contributed by atoms with E-state index in [9.17, 15) is 9.90 Å². The molecule has 0 fully saturated rings. The van der Waals surface area contributed by atoms with Crippen LogP contribution in [0.3, 0.4) is 0 Å². The monoisotopic (exact) mass is 244 g/mol. The number of aromatic carboxylic acids is 1. The fourth-order valence-electron chi connectivity index (χ4n) is 2.55. The summed E-state index contributed by atoms with van der Waals surface area (Å²) in [6.45, 7) is 0. The van der Waals surface area contributed by atoms with Gasteiger partial charge in [-0.1, -0.05) is 0 Å². The van der Waals surface area contributed by atoms with Gasteiger partial charge in [0.1, 0.15) is 17.1 Å². The molecule has 2 aromatic heterocycles. The van der Waals surface area contributed by atoms with Gasteiger partial charge < -0.3 is 19.3 Å². The molecule has 0 spiro atoms. The lowest BCUT2D eigenvalue weighted by atomic mass is 10.2. The molecule has 0 unspecified atom stereocenters. The summed E-state index contributed by atoms with van der Waals surface area (Å²) in [5.74, 6) is -0.780. The van der Waals surface area contributed by atoms with Gasteiger partial charge in [-0.15, -0.1) is 0 Å². The van der Waals surface area contributed by atoms with E-state index in [-0.39, 0.29) is 11.4 Å². The summed E-state index contributed by atoms with van der Waals surface area (Å²) in [6.07, 6.45) is 0. The van der Waals surface area contributed by atoms with E-state index in [1.54, 1.807) is 29.8 Å². The average molecular weight is 244 g/mol. The minimum atomic E-state index is -0.956. The Balaban J connectivity index is 2.54. The van der Waals surface area contributed by atoms with E-state index in [1.165, 1.54) is 0 Å². The van der Waals surface area contributed by atoms with E-state index >= 15 is 0 Å². The van der Waals surface area contributed by atoms with Crippen molar-refractivity contribution >= 4 is 27.9 Å². The molecule has 0 saturated heterocycles. The van der Waals surface area contributed by atoms with Gasteiger partial charge in [0.15, 0.2) is 0 Å². The number of fused-ring (bicyclic) bond motifs is 3. The smallest absolute Gasteiger partial charge is 0.352 e. The van der Waals surface area contributed by atoms with Gasteiger partial charge in [0.25, 0.3) is 0 Å². The van der Waals surface area contributed by atoms with Crippen LogP contribution in [0.2, 0.25) is 0 Å². The normalized spacial score (nSPS) is 11.4. The number of hydrogen-bond donors (Lipinski definition) is 2. The van der Waals surface area contributed by atoms with Crippen molar-refractivity contribution in [3.63, 3.8) is 0 Å². The van der Waals surface area contributed by atoms with Crippen LogP contribution in [0, 0.1) is 0 Å². The quantitative estimate of drug-likeness (QED) is 0.688. The molecule has 5 heteroatoms. The molecule has 0 aliphatic heterocycles. The summed E-state index contributed by atoms with van der Waals surface area (Å²) in [5, 5.41) is 20.4. The lowest BCUT2D eigenvalue weighted by Gasteiger charge is -2.03. The Kier molecular flexibility index (Phi) is 1.96. The third kappa shape index (κ3) is 1.18. The molecule has 92 valence electrons. The van der Waals surface area contributed by atoms with Crippen LogP contribution >= 0.6 is 0 Å². The largest absolute Gasteiger partial charge is 0.508 e. The number of aromatic hydroxyl groups is 1. The van der Waals surface area contributed by atoms with Crippen molar-refractivity contribution in [3.05, 3.63) is 30.0 Å². The summed E-state index contributed by atoms with van der Waals surface area (Å²) in [4.78, 5) is 11.1. The number of aryl methyl sites for hydroxylation is 2. The Morgan fingerprint density at radius 1 is 1.11 bits per heavy atom. The zero-order chi connectivity index (χ0) is 13.0. The van der Waals surface area contributed by atoms with Gasteiger partial charge in [0, 0.05) is 24.9 Å². The molecule has 2 heterocycles. The molecular formula is C13H12N2O3. The minimum Gasteiger partial charge on any atom is -0.508 e. The van der Waals surface area contributed by atoms with E-state index in [2.05, 4.69) is 0 Å². The summed E-state index contributed by atoms with van der Waals surface area (Å²) < 4.78 is 3.57. The van der Waals surface area contributed by atoms with Crippen LogP contribution in [0.4, 0.5) is 0 Å². The highest BCUT2D eigenvalue weighted by Gasteiger charge is 2.18. The van der Waals surface area contributed by atoms with E-state index in [0.29, 0.717) is 0 Å². The van der Waals surface area contributed by atoms with Crippen molar-refractivity contribution in [2.24, 2.45) is 14.1 Å². The fourth-order valence-corrected chi connectivity index (χ4v) is 2.55. The van der Waals surface area contributed by atoms with E-state index in [0.717, 1.165) is 21.9 Å². The first-order chi connectivity index (χ1) is 8.50. The van der Waals surface area contributed by atoms with E-state index < -0.39 is 5.97 Å². The third-order valence-corrected chi connectivity index (χ3v) is 3.37. The first-order valence-corrected chi connectivity index (χ1v) is 5.51. The van der Waals surface area contributed by atoms with E-state index in [4.69, 9.17) is 5.11 Å². The number of rotatable bonds is 1. The summed E-state index contributed by atoms with van der Waals surface area (Å²) in [6, 6.07) is 6.74. The SMILES string of the molecule is Cn1c(C(=O)O)cc2c3cc(O)ccc3n(C)c21. The van der Waals surface area contributed by atoms with Gasteiger partial charge in [0.05, 0.1) is 5.52 Å². The second-order valence-corrected chi connectivity index (χ2v) is 4.39. The molecule has 0 atom stereocenters. The highest BCUT2D eigenvalue weighted by atomic mass is 16.4. The molecule has 0 saturated carbocycles. The molecule has 0 amide bonds. The number of benzene rings is 1. The topological polar surface area (TPSA) is 67.4 Å². The number of phenolic OH excluding ortho intramolecular Hbond substituents is 1. The minimum absolute atomic E-state index is 0.177. The highest BCUT2D eigenvalue weighted by molar-refractivity contribution is 6.10. The first-order valence-electron chi connectivity index (χ1n) is 5.51. The molecule has 3 rings (SSSR count). The maximum atomic E-state index is 11.1. The Bertz CT molecular complexity index is 796. The number of carboxylic acids is 1. The summed E-state index contributed by atoms with van der Waals surface area (Å²) in [5.41, 5.74) is 2.03. The van der Waals surface area contributed by atoms with Crippen LogP contribution in [0.5, 0.6) is 5.75 Å². The van der Waals surface area contributed by atoms with Gasteiger partial charge in [0.2, 0.25) is 0 Å². The fraction of sp³-hybridized carbons (Fsp3) is 0.154. The van der Waals surface area contributed by atoms with Crippen LogP contribution in [0.15, 0.2) is 24.3 Å². The predicted octanol–water partition coefficient (Wildman–Crippen LogP) is 2.07. The van der Waals surface area contributed by atoms with Crippen molar-refractivity contribution < 1.29 is 15.0 Å². The molecule has 0 aliphatic rings. The van der Waals surface area contributed by atoms with Crippen LogP contribution < -0.4 is 0 Å². The second-order valence-electron chi connectivity index (χ2n) is 4.39. The molecule has 18 heavy (non-hydrogen) atoms. The maximum absolute atomic E-state index is 11.1. The van der Waals surface area contributed by atoms with Crippen molar-refractivity contribution in [2.45, 2.75) is 0 Å². The van der Waals surface area contributed by atoms with Crippen LogP contribution in [0.25, 0.3) is 21.9 Å². The molecule has 5 nitrogen and oxygen atoms in total. The second kappa shape index (κ2) is 3.29. The number of phenols is 1. The molecular weight excluding hydrogens is 232 g/mol. The Morgan fingerprint density at radius 3 is 2.50 bits per heavy atom. The average Bonchev–Trinajstić information content (AvgIpc) is 2.77. The first kappa shape index (κ1) is 10.7.